The SMILES string of the molecule is CC1CCc2c(ccc3c2nc(CC(C=O)c2ccccc2)n3C2CCCC(CO)C2)N1C.CO.O=CO. The van der Waals surface area contributed by atoms with Crippen molar-refractivity contribution in [2.24, 2.45) is 5.92 Å². The number of aromatic nitrogens is 2. The quantitative estimate of drug-likeness (QED) is 0.411. The second-order valence-electron chi connectivity index (χ2n) is 10.2. The lowest BCUT2D eigenvalue weighted by atomic mass is 9.85. The van der Waals surface area contributed by atoms with Gasteiger partial charge in [-0.2, -0.15) is 0 Å². The number of aldehydes is 1. The van der Waals surface area contributed by atoms with E-state index < -0.39 is 0 Å². The van der Waals surface area contributed by atoms with Crippen molar-refractivity contribution in [3.05, 3.63) is 59.4 Å². The van der Waals surface area contributed by atoms with Gasteiger partial charge in [-0.3, -0.25) is 4.79 Å². The third-order valence-corrected chi connectivity index (χ3v) is 8.04. The summed E-state index contributed by atoms with van der Waals surface area (Å²) in [7, 11) is 3.18. The second-order valence-corrected chi connectivity index (χ2v) is 10.2. The Labute approximate surface area is 224 Å². The monoisotopic (exact) mass is 523 g/mol. The molecule has 0 radical (unpaired) electrons. The summed E-state index contributed by atoms with van der Waals surface area (Å²) in [6.45, 7) is 2.28. The topological polar surface area (TPSA) is 116 Å². The highest BCUT2D eigenvalue weighted by Crippen LogP contribution is 2.40. The van der Waals surface area contributed by atoms with Crippen molar-refractivity contribution in [1.29, 1.82) is 0 Å². The van der Waals surface area contributed by atoms with Gasteiger partial charge in [0.05, 0.1) is 11.0 Å². The van der Waals surface area contributed by atoms with Crippen LogP contribution in [0.5, 0.6) is 0 Å². The summed E-state index contributed by atoms with van der Waals surface area (Å²) in [4.78, 5) is 28.1. The number of carbonyl (C=O) groups is 2. The molecule has 8 heteroatoms. The third kappa shape index (κ3) is 6.25. The van der Waals surface area contributed by atoms with E-state index in [-0.39, 0.29) is 19.0 Å². The fraction of sp³-hybridized carbons (Fsp3) is 0.500. The van der Waals surface area contributed by atoms with E-state index in [1.807, 2.05) is 30.3 Å². The number of imidazole rings is 1. The lowest BCUT2D eigenvalue weighted by Crippen LogP contribution is -2.33. The van der Waals surface area contributed by atoms with Crippen LogP contribution in [0.15, 0.2) is 42.5 Å². The number of rotatable bonds is 6. The Bertz CT molecular complexity index is 1180. The molecule has 0 saturated heterocycles. The van der Waals surface area contributed by atoms with Crippen LogP contribution in [0, 0.1) is 5.92 Å². The number of aliphatic hydroxyl groups is 2. The van der Waals surface area contributed by atoms with E-state index in [0.29, 0.717) is 24.4 Å². The first kappa shape index (κ1) is 29.3. The Morgan fingerprint density at radius 1 is 1.08 bits per heavy atom. The molecule has 2 heterocycles. The molecule has 1 aliphatic heterocycles. The number of benzene rings is 2. The zero-order valence-electron chi connectivity index (χ0n) is 22.7. The Balaban J connectivity index is 0.000000748. The van der Waals surface area contributed by atoms with Gasteiger partial charge in [-0.25, -0.2) is 4.98 Å². The summed E-state index contributed by atoms with van der Waals surface area (Å²) in [5, 5.41) is 23.7. The van der Waals surface area contributed by atoms with Gasteiger partial charge >= 0.3 is 0 Å². The third-order valence-electron chi connectivity index (χ3n) is 8.04. The molecule has 1 aliphatic carbocycles. The molecule has 3 aromatic rings. The van der Waals surface area contributed by atoms with E-state index in [2.05, 4.69) is 35.6 Å². The minimum atomic E-state index is -0.250. The first-order valence-electron chi connectivity index (χ1n) is 13.4. The molecule has 3 N–H and O–H groups in total. The van der Waals surface area contributed by atoms with Gasteiger partial charge in [-0.15, -0.1) is 0 Å². The van der Waals surface area contributed by atoms with Gasteiger partial charge in [0.25, 0.3) is 6.47 Å². The molecular formula is C30H41N3O5. The Hall–Kier alpha value is -3.23. The number of fused-ring (bicyclic) bond motifs is 3. The highest BCUT2D eigenvalue weighted by Gasteiger charge is 2.30. The molecule has 1 fully saturated rings. The molecule has 0 amide bonds. The first-order chi connectivity index (χ1) is 18.5. The highest BCUT2D eigenvalue weighted by molar-refractivity contribution is 5.86. The van der Waals surface area contributed by atoms with E-state index in [0.717, 1.165) is 68.8 Å². The number of nitrogens with zero attached hydrogens (tertiary/aromatic N) is 3. The summed E-state index contributed by atoms with van der Waals surface area (Å²) in [6.07, 6.45) is 8.12. The van der Waals surface area contributed by atoms with Crippen molar-refractivity contribution in [2.75, 3.05) is 25.7 Å². The summed E-state index contributed by atoms with van der Waals surface area (Å²) in [5.41, 5.74) is 5.95. The van der Waals surface area contributed by atoms with Crippen molar-refractivity contribution in [3.63, 3.8) is 0 Å². The van der Waals surface area contributed by atoms with Crippen LogP contribution in [-0.2, 0) is 22.4 Å². The molecule has 0 spiro atoms. The molecule has 8 nitrogen and oxygen atoms in total. The number of carboxylic acid groups (broad SMARTS) is 1. The second kappa shape index (κ2) is 14.1. The van der Waals surface area contributed by atoms with Gasteiger partial charge in [0.15, 0.2) is 0 Å². The maximum absolute atomic E-state index is 12.1. The Kier molecular flexibility index (Phi) is 10.9. The molecule has 2 aromatic carbocycles. The van der Waals surface area contributed by atoms with Crippen LogP contribution in [0.3, 0.4) is 0 Å². The summed E-state index contributed by atoms with van der Waals surface area (Å²) >= 11 is 0. The van der Waals surface area contributed by atoms with Crippen LogP contribution in [0.25, 0.3) is 11.0 Å². The Morgan fingerprint density at radius 2 is 1.79 bits per heavy atom. The fourth-order valence-electron chi connectivity index (χ4n) is 5.97. The van der Waals surface area contributed by atoms with E-state index in [4.69, 9.17) is 20.0 Å². The molecule has 1 aromatic heterocycles. The number of hydrogen-bond acceptors (Lipinski definition) is 6. The zero-order chi connectivity index (χ0) is 27.7. The van der Waals surface area contributed by atoms with Crippen LogP contribution in [0.2, 0.25) is 0 Å². The van der Waals surface area contributed by atoms with Crippen molar-refractivity contribution < 1.29 is 24.9 Å². The molecule has 4 unspecified atom stereocenters. The van der Waals surface area contributed by atoms with Crippen molar-refractivity contribution in [3.8, 4) is 0 Å². The highest BCUT2D eigenvalue weighted by atomic mass is 16.3. The Morgan fingerprint density at radius 3 is 2.45 bits per heavy atom. The van der Waals surface area contributed by atoms with E-state index in [1.165, 1.54) is 16.8 Å². The summed E-state index contributed by atoms with van der Waals surface area (Å²) < 4.78 is 2.43. The average Bonchev–Trinajstić information content (AvgIpc) is 3.34. The molecule has 38 heavy (non-hydrogen) atoms. The molecular weight excluding hydrogens is 482 g/mol. The van der Waals surface area contributed by atoms with Gasteiger partial charge in [0.2, 0.25) is 0 Å². The van der Waals surface area contributed by atoms with Crippen LogP contribution in [-0.4, -0.2) is 64.4 Å². The maximum atomic E-state index is 12.1. The average molecular weight is 524 g/mol. The van der Waals surface area contributed by atoms with Crippen molar-refractivity contribution in [2.45, 2.75) is 69.9 Å². The van der Waals surface area contributed by atoms with Gasteiger partial charge in [-0.1, -0.05) is 36.8 Å². The molecule has 4 atom stereocenters. The largest absolute Gasteiger partial charge is 0.483 e. The summed E-state index contributed by atoms with van der Waals surface area (Å²) in [5.74, 6) is 1.14. The van der Waals surface area contributed by atoms with Gasteiger partial charge in [0.1, 0.15) is 12.1 Å². The molecule has 1 saturated carbocycles. The van der Waals surface area contributed by atoms with Gasteiger partial charge in [0, 0.05) is 56.4 Å². The van der Waals surface area contributed by atoms with E-state index in [1.54, 1.807) is 0 Å². The molecule has 5 rings (SSSR count). The number of carbonyl (C=O) groups excluding carboxylic acids is 1. The predicted octanol–water partition coefficient (Wildman–Crippen LogP) is 4.37. The lowest BCUT2D eigenvalue weighted by molar-refractivity contribution is -0.122. The van der Waals surface area contributed by atoms with E-state index in [9.17, 15) is 9.90 Å². The molecule has 0 bridgehead atoms. The summed E-state index contributed by atoms with van der Waals surface area (Å²) in [6, 6.07) is 15.4. The minimum Gasteiger partial charge on any atom is -0.483 e. The first-order valence-corrected chi connectivity index (χ1v) is 13.4. The van der Waals surface area contributed by atoms with Gasteiger partial charge in [-0.05, 0) is 62.6 Å². The van der Waals surface area contributed by atoms with Crippen LogP contribution in [0.4, 0.5) is 5.69 Å². The number of aryl methyl sites for hydroxylation is 1. The lowest BCUT2D eigenvalue weighted by Gasteiger charge is -2.34. The zero-order valence-corrected chi connectivity index (χ0v) is 22.7. The maximum Gasteiger partial charge on any atom is 0.290 e. The van der Waals surface area contributed by atoms with Crippen molar-refractivity contribution in [1.82, 2.24) is 9.55 Å². The fourth-order valence-corrected chi connectivity index (χ4v) is 5.97. The predicted molar refractivity (Wildman–Crippen MR) is 150 cm³/mol. The minimum absolute atomic E-state index is 0.211. The number of anilines is 1. The van der Waals surface area contributed by atoms with Gasteiger partial charge < -0.3 is 29.6 Å². The number of hydrogen-bond donors (Lipinski definition) is 3. The normalized spacial score (nSPS) is 21.3. The molecule has 206 valence electrons. The molecule has 2 aliphatic rings. The standard InChI is InChI=1S/C28H35N3O2.CH2O2.CH4O/c1-19-11-12-24-25(30(19)2)13-14-26-28(24)29-27(16-22(18-33)21-8-4-3-5-9-21)31(26)23-10-6-7-20(15-23)17-32;2-1-3;1-2/h3-5,8-9,13-14,18-20,22-23,32H,6-7,10-12,15-17H2,1-2H3;1H,(H,2,3);2H,1H3. The smallest absolute Gasteiger partial charge is 0.290 e. The van der Waals surface area contributed by atoms with E-state index >= 15 is 0 Å². The van der Waals surface area contributed by atoms with Crippen LogP contribution in [0.1, 0.15) is 67.9 Å². The van der Waals surface area contributed by atoms with Crippen LogP contribution < -0.4 is 4.90 Å². The van der Waals surface area contributed by atoms with Crippen LogP contribution >= 0.6 is 0 Å². The number of aliphatic hydroxyl groups excluding tert-OH is 2. The van der Waals surface area contributed by atoms with Crippen molar-refractivity contribution >= 4 is 29.5 Å².